The summed E-state index contributed by atoms with van der Waals surface area (Å²) in [5.41, 5.74) is 2.36. The van der Waals surface area contributed by atoms with Gasteiger partial charge in [0.05, 0.1) is 0 Å². The maximum absolute atomic E-state index is 13.7. The Balaban J connectivity index is 1.91. The smallest absolute Gasteiger partial charge is 0.253 e. The first kappa shape index (κ1) is 18.6. The molecule has 1 amide bonds. The van der Waals surface area contributed by atoms with Crippen LogP contribution >= 0.6 is 15.9 Å². The molecule has 1 N–H and O–H groups in total. The van der Waals surface area contributed by atoms with Gasteiger partial charge in [0.25, 0.3) is 5.91 Å². The number of carbonyl (C=O) groups excluding carboxylic acids is 1. The third-order valence-corrected chi connectivity index (χ3v) is 4.45. The first-order valence-electron chi connectivity index (χ1n) is 7.89. The summed E-state index contributed by atoms with van der Waals surface area (Å²) in [6.07, 6.45) is 0. The molecule has 2 aromatic carbocycles. The van der Waals surface area contributed by atoms with E-state index in [1.54, 1.807) is 18.0 Å². The Morgan fingerprint density at radius 2 is 1.83 bits per heavy atom. The Morgan fingerprint density at radius 1 is 1.17 bits per heavy atom. The molecular formula is C19H22BrFN2O. The predicted molar refractivity (Wildman–Crippen MR) is 98.3 cm³/mol. The average molecular weight is 393 g/mol. The van der Waals surface area contributed by atoms with Crippen LogP contribution in [0.25, 0.3) is 0 Å². The van der Waals surface area contributed by atoms with E-state index in [2.05, 4.69) is 21.2 Å². The fraction of sp³-hybridized carbons (Fsp3) is 0.316. The van der Waals surface area contributed by atoms with Crippen LogP contribution in [0.4, 0.5) is 4.39 Å². The van der Waals surface area contributed by atoms with E-state index in [0.717, 1.165) is 10.0 Å². The zero-order chi connectivity index (χ0) is 17.7. The third-order valence-electron chi connectivity index (χ3n) is 3.96. The molecule has 0 saturated heterocycles. The van der Waals surface area contributed by atoms with Gasteiger partial charge in [-0.2, -0.15) is 0 Å². The highest BCUT2D eigenvalue weighted by molar-refractivity contribution is 9.10. The first-order chi connectivity index (χ1) is 11.4. The van der Waals surface area contributed by atoms with Crippen molar-refractivity contribution in [2.24, 2.45) is 0 Å². The van der Waals surface area contributed by atoms with Crippen LogP contribution in [0.15, 0.2) is 46.9 Å². The number of hydrogen-bond donors (Lipinski definition) is 1. The molecule has 3 nitrogen and oxygen atoms in total. The number of carbonyl (C=O) groups is 1. The molecule has 0 fully saturated rings. The topological polar surface area (TPSA) is 32.3 Å². The predicted octanol–water partition coefficient (Wildman–Crippen LogP) is 4.36. The van der Waals surface area contributed by atoms with Gasteiger partial charge in [0, 0.05) is 41.8 Å². The van der Waals surface area contributed by atoms with Crippen molar-refractivity contribution in [2.45, 2.75) is 33.0 Å². The molecule has 0 aliphatic carbocycles. The summed E-state index contributed by atoms with van der Waals surface area (Å²) in [6, 6.07) is 12.7. The van der Waals surface area contributed by atoms with E-state index in [-0.39, 0.29) is 17.8 Å². The molecule has 2 rings (SSSR count). The molecule has 0 heterocycles. The Kier molecular flexibility index (Phi) is 6.52. The fourth-order valence-corrected chi connectivity index (χ4v) is 2.54. The standard InChI is InChI=1S/C19H22BrFN2O/c1-13(2)23(3)19(24)15-6-4-14(5-7-15)11-22-12-16-8-9-17(20)10-18(16)21/h4-10,13,22H,11-12H2,1-3H3. The summed E-state index contributed by atoms with van der Waals surface area (Å²) in [6.45, 7) is 5.04. The highest BCUT2D eigenvalue weighted by Crippen LogP contribution is 2.15. The SMILES string of the molecule is CC(C)N(C)C(=O)c1ccc(CNCc2ccc(Br)cc2F)cc1. The van der Waals surface area contributed by atoms with Gasteiger partial charge in [0.2, 0.25) is 0 Å². The summed E-state index contributed by atoms with van der Waals surface area (Å²) < 4.78 is 14.5. The van der Waals surface area contributed by atoms with Crippen LogP contribution in [-0.2, 0) is 13.1 Å². The normalized spacial score (nSPS) is 10.9. The molecular weight excluding hydrogens is 371 g/mol. The molecule has 0 unspecified atom stereocenters. The van der Waals surface area contributed by atoms with Gasteiger partial charge >= 0.3 is 0 Å². The number of rotatable bonds is 6. The van der Waals surface area contributed by atoms with Crippen molar-refractivity contribution in [3.05, 3.63) is 69.4 Å². The molecule has 0 aliphatic heterocycles. The molecule has 128 valence electrons. The zero-order valence-electron chi connectivity index (χ0n) is 14.1. The molecule has 0 radical (unpaired) electrons. The van der Waals surface area contributed by atoms with E-state index in [4.69, 9.17) is 0 Å². The van der Waals surface area contributed by atoms with Crippen molar-refractivity contribution in [3.63, 3.8) is 0 Å². The molecule has 2 aromatic rings. The lowest BCUT2D eigenvalue weighted by Crippen LogP contribution is -2.32. The number of halogens is 2. The lowest BCUT2D eigenvalue weighted by molar-refractivity contribution is 0.0755. The largest absolute Gasteiger partial charge is 0.339 e. The van der Waals surface area contributed by atoms with E-state index >= 15 is 0 Å². The Morgan fingerprint density at radius 3 is 2.42 bits per heavy atom. The van der Waals surface area contributed by atoms with Crippen molar-refractivity contribution in [1.29, 1.82) is 0 Å². The van der Waals surface area contributed by atoms with Crippen LogP contribution in [0.3, 0.4) is 0 Å². The average Bonchev–Trinajstić information content (AvgIpc) is 2.56. The van der Waals surface area contributed by atoms with Gasteiger partial charge in [-0.25, -0.2) is 4.39 Å². The van der Waals surface area contributed by atoms with Crippen molar-refractivity contribution >= 4 is 21.8 Å². The summed E-state index contributed by atoms with van der Waals surface area (Å²) in [5, 5.41) is 3.22. The van der Waals surface area contributed by atoms with Crippen LogP contribution < -0.4 is 5.32 Å². The number of hydrogen-bond acceptors (Lipinski definition) is 2. The second kappa shape index (κ2) is 8.40. The second-order valence-electron chi connectivity index (χ2n) is 6.05. The van der Waals surface area contributed by atoms with Gasteiger partial charge in [-0.3, -0.25) is 4.79 Å². The van der Waals surface area contributed by atoms with E-state index in [1.807, 2.05) is 44.2 Å². The van der Waals surface area contributed by atoms with E-state index in [9.17, 15) is 9.18 Å². The molecule has 0 aliphatic rings. The quantitative estimate of drug-likeness (QED) is 0.791. The van der Waals surface area contributed by atoms with Gasteiger partial charge < -0.3 is 10.2 Å². The monoisotopic (exact) mass is 392 g/mol. The molecule has 0 atom stereocenters. The minimum absolute atomic E-state index is 0.0152. The lowest BCUT2D eigenvalue weighted by Gasteiger charge is -2.21. The molecule has 0 aromatic heterocycles. The maximum Gasteiger partial charge on any atom is 0.253 e. The maximum atomic E-state index is 13.7. The molecule has 0 bridgehead atoms. The Bertz CT molecular complexity index is 701. The van der Waals surface area contributed by atoms with Crippen molar-refractivity contribution < 1.29 is 9.18 Å². The van der Waals surface area contributed by atoms with Gasteiger partial charge in [-0.05, 0) is 43.7 Å². The molecule has 24 heavy (non-hydrogen) atoms. The van der Waals surface area contributed by atoms with Gasteiger partial charge in [-0.15, -0.1) is 0 Å². The number of nitrogens with one attached hydrogen (secondary N) is 1. The van der Waals surface area contributed by atoms with E-state index in [0.29, 0.717) is 24.2 Å². The van der Waals surface area contributed by atoms with Gasteiger partial charge in [0.15, 0.2) is 0 Å². The van der Waals surface area contributed by atoms with Crippen LogP contribution in [0.1, 0.15) is 35.3 Å². The van der Waals surface area contributed by atoms with Crippen LogP contribution in [0.2, 0.25) is 0 Å². The molecule has 0 saturated carbocycles. The van der Waals surface area contributed by atoms with Crippen molar-refractivity contribution in [1.82, 2.24) is 10.2 Å². The summed E-state index contributed by atoms with van der Waals surface area (Å²) in [5.74, 6) is -0.212. The van der Waals surface area contributed by atoms with Gasteiger partial charge in [0.1, 0.15) is 5.82 Å². The van der Waals surface area contributed by atoms with Crippen LogP contribution in [-0.4, -0.2) is 23.9 Å². The number of benzene rings is 2. The minimum Gasteiger partial charge on any atom is -0.339 e. The Hall–Kier alpha value is -1.72. The number of nitrogens with zero attached hydrogens (tertiary/aromatic N) is 1. The van der Waals surface area contributed by atoms with Gasteiger partial charge in [-0.1, -0.05) is 34.1 Å². The van der Waals surface area contributed by atoms with Crippen molar-refractivity contribution in [3.8, 4) is 0 Å². The highest BCUT2D eigenvalue weighted by atomic mass is 79.9. The molecule has 0 spiro atoms. The lowest BCUT2D eigenvalue weighted by atomic mass is 10.1. The van der Waals surface area contributed by atoms with Crippen LogP contribution in [0.5, 0.6) is 0 Å². The summed E-state index contributed by atoms with van der Waals surface area (Å²) >= 11 is 3.25. The Labute approximate surface area is 151 Å². The summed E-state index contributed by atoms with van der Waals surface area (Å²) in [7, 11) is 1.80. The third kappa shape index (κ3) is 4.89. The highest BCUT2D eigenvalue weighted by Gasteiger charge is 2.13. The molecule has 5 heteroatoms. The number of amides is 1. The zero-order valence-corrected chi connectivity index (χ0v) is 15.7. The van der Waals surface area contributed by atoms with Crippen LogP contribution in [0, 0.1) is 5.82 Å². The van der Waals surface area contributed by atoms with E-state index in [1.165, 1.54) is 6.07 Å². The summed E-state index contributed by atoms with van der Waals surface area (Å²) in [4.78, 5) is 13.9. The van der Waals surface area contributed by atoms with Crippen molar-refractivity contribution in [2.75, 3.05) is 7.05 Å². The second-order valence-corrected chi connectivity index (χ2v) is 6.96. The first-order valence-corrected chi connectivity index (χ1v) is 8.68. The van der Waals surface area contributed by atoms with E-state index < -0.39 is 0 Å². The fourth-order valence-electron chi connectivity index (χ4n) is 2.21. The minimum atomic E-state index is -0.227.